The van der Waals surface area contributed by atoms with Crippen LogP contribution in [0.4, 0.5) is 0 Å². The minimum Gasteiger partial charge on any atom is -0.475 e. The van der Waals surface area contributed by atoms with Crippen molar-refractivity contribution < 1.29 is 14.3 Å². The topological polar surface area (TPSA) is 66.6 Å². The van der Waals surface area contributed by atoms with Crippen molar-refractivity contribution in [3.05, 3.63) is 53.7 Å². The summed E-state index contributed by atoms with van der Waals surface area (Å²) in [6, 6.07) is 5.64. The molecule has 2 aromatic rings. The fourth-order valence-corrected chi connectivity index (χ4v) is 1.88. The second-order valence-corrected chi connectivity index (χ2v) is 4.43. The zero-order valence-corrected chi connectivity index (χ0v) is 10.7. The van der Waals surface area contributed by atoms with E-state index in [0.717, 1.165) is 13.0 Å². The first-order valence-corrected chi connectivity index (χ1v) is 6.04. The van der Waals surface area contributed by atoms with E-state index < -0.39 is 5.97 Å². The molecule has 0 aromatic carbocycles. The molecule has 0 fully saturated rings. The molecule has 0 amide bonds. The van der Waals surface area contributed by atoms with Crippen molar-refractivity contribution in [2.45, 2.75) is 13.0 Å². The average molecular weight is 260 g/mol. The Morgan fingerprint density at radius 1 is 1.47 bits per heavy atom. The lowest BCUT2D eigenvalue weighted by Gasteiger charge is -2.15. The minimum absolute atomic E-state index is 0.0215. The van der Waals surface area contributed by atoms with Crippen LogP contribution in [0.25, 0.3) is 0 Å². The maximum Gasteiger partial charge on any atom is 0.372 e. The Balaban J connectivity index is 1.89. The van der Waals surface area contributed by atoms with E-state index in [-0.39, 0.29) is 5.76 Å². The number of aromatic nitrogens is 1. The van der Waals surface area contributed by atoms with Crippen LogP contribution < -0.4 is 0 Å². The predicted molar refractivity (Wildman–Crippen MR) is 69.9 cm³/mol. The van der Waals surface area contributed by atoms with Gasteiger partial charge in [0.1, 0.15) is 0 Å². The van der Waals surface area contributed by atoms with E-state index in [4.69, 9.17) is 9.52 Å². The molecule has 5 heteroatoms. The predicted octanol–water partition coefficient (Wildman–Crippen LogP) is 2.05. The van der Waals surface area contributed by atoms with Crippen LogP contribution in [0, 0.1) is 0 Å². The van der Waals surface area contributed by atoms with Crippen LogP contribution in [-0.4, -0.2) is 34.6 Å². The third-order valence-corrected chi connectivity index (χ3v) is 2.89. The highest BCUT2D eigenvalue weighted by molar-refractivity contribution is 5.86. The standard InChI is InChI=1S/C14H16N2O3/c1-16(7-4-11-3-2-6-15-9-11)10-12-5-8-19-13(12)14(17)18/h2-3,5-6,8-9H,4,7,10H2,1H3,(H,17,18). The smallest absolute Gasteiger partial charge is 0.372 e. The summed E-state index contributed by atoms with van der Waals surface area (Å²) in [6.45, 7) is 1.38. The van der Waals surface area contributed by atoms with Crippen LogP contribution in [0.15, 0.2) is 41.3 Å². The molecule has 100 valence electrons. The van der Waals surface area contributed by atoms with Crippen LogP contribution >= 0.6 is 0 Å². The molecule has 0 unspecified atom stereocenters. The van der Waals surface area contributed by atoms with E-state index in [1.54, 1.807) is 12.3 Å². The fourth-order valence-electron chi connectivity index (χ4n) is 1.88. The van der Waals surface area contributed by atoms with Crippen molar-refractivity contribution in [1.29, 1.82) is 0 Å². The zero-order valence-electron chi connectivity index (χ0n) is 10.7. The van der Waals surface area contributed by atoms with Gasteiger partial charge in [-0.2, -0.15) is 0 Å². The second kappa shape index (κ2) is 6.15. The first-order chi connectivity index (χ1) is 9.16. The van der Waals surface area contributed by atoms with Gasteiger partial charge in [-0.25, -0.2) is 4.79 Å². The third kappa shape index (κ3) is 3.66. The van der Waals surface area contributed by atoms with Crippen molar-refractivity contribution in [2.24, 2.45) is 0 Å². The summed E-state index contributed by atoms with van der Waals surface area (Å²) in [5, 5.41) is 8.95. The number of nitrogens with zero attached hydrogens (tertiary/aromatic N) is 2. The summed E-state index contributed by atoms with van der Waals surface area (Å²) in [5.41, 5.74) is 1.86. The quantitative estimate of drug-likeness (QED) is 0.861. The van der Waals surface area contributed by atoms with Gasteiger partial charge in [-0.1, -0.05) is 6.07 Å². The van der Waals surface area contributed by atoms with Gasteiger partial charge < -0.3 is 14.4 Å². The summed E-state index contributed by atoms with van der Waals surface area (Å²) in [4.78, 5) is 17.0. The molecule has 19 heavy (non-hydrogen) atoms. The molecular formula is C14H16N2O3. The third-order valence-electron chi connectivity index (χ3n) is 2.89. The monoisotopic (exact) mass is 260 g/mol. The Morgan fingerprint density at radius 2 is 2.32 bits per heavy atom. The van der Waals surface area contributed by atoms with E-state index in [1.165, 1.54) is 11.8 Å². The number of pyridine rings is 1. The molecule has 0 radical (unpaired) electrons. The first kappa shape index (κ1) is 13.3. The van der Waals surface area contributed by atoms with E-state index in [2.05, 4.69) is 9.88 Å². The first-order valence-electron chi connectivity index (χ1n) is 6.04. The molecule has 2 rings (SSSR count). The largest absolute Gasteiger partial charge is 0.475 e. The summed E-state index contributed by atoms with van der Waals surface area (Å²) in [7, 11) is 1.95. The number of carboxylic acid groups (broad SMARTS) is 1. The summed E-state index contributed by atoms with van der Waals surface area (Å²) in [5.74, 6) is -1.01. The van der Waals surface area contributed by atoms with Gasteiger partial charge in [-0.05, 0) is 31.2 Å². The van der Waals surface area contributed by atoms with E-state index in [0.29, 0.717) is 12.1 Å². The number of carboxylic acids is 1. The van der Waals surface area contributed by atoms with E-state index >= 15 is 0 Å². The number of carbonyl (C=O) groups is 1. The van der Waals surface area contributed by atoms with Crippen LogP contribution in [0.2, 0.25) is 0 Å². The Labute approximate surface area is 111 Å². The molecule has 0 aliphatic rings. The maximum absolute atomic E-state index is 10.9. The van der Waals surface area contributed by atoms with Crippen LogP contribution in [-0.2, 0) is 13.0 Å². The van der Waals surface area contributed by atoms with Crippen LogP contribution in [0.5, 0.6) is 0 Å². The van der Waals surface area contributed by atoms with Gasteiger partial charge in [0.15, 0.2) is 0 Å². The number of hydrogen-bond acceptors (Lipinski definition) is 4. The molecule has 1 N–H and O–H groups in total. The Bertz CT molecular complexity index is 537. The van der Waals surface area contributed by atoms with Crippen LogP contribution in [0.1, 0.15) is 21.7 Å². The van der Waals surface area contributed by atoms with E-state index in [9.17, 15) is 4.79 Å². The summed E-state index contributed by atoms with van der Waals surface area (Å²) < 4.78 is 4.95. The molecule has 0 spiro atoms. The Hall–Kier alpha value is -2.14. The van der Waals surface area contributed by atoms with Crippen molar-refractivity contribution in [1.82, 2.24) is 9.88 Å². The Morgan fingerprint density at radius 3 is 3.00 bits per heavy atom. The molecule has 5 nitrogen and oxygen atoms in total. The molecule has 0 atom stereocenters. The lowest BCUT2D eigenvalue weighted by Crippen LogP contribution is -2.21. The summed E-state index contributed by atoms with van der Waals surface area (Å²) in [6.07, 6.45) is 5.88. The Kier molecular flexibility index (Phi) is 4.30. The number of hydrogen-bond donors (Lipinski definition) is 1. The van der Waals surface area contributed by atoms with Gasteiger partial charge in [0.05, 0.1) is 6.26 Å². The number of rotatable bonds is 6. The molecular weight excluding hydrogens is 244 g/mol. The van der Waals surface area contributed by atoms with Gasteiger partial charge >= 0.3 is 5.97 Å². The van der Waals surface area contributed by atoms with Crippen molar-refractivity contribution in [3.63, 3.8) is 0 Å². The molecule has 0 bridgehead atoms. The van der Waals surface area contributed by atoms with Crippen molar-refractivity contribution in [3.8, 4) is 0 Å². The molecule has 2 heterocycles. The lowest BCUT2D eigenvalue weighted by atomic mass is 10.2. The maximum atomic E-state index is 10.9. The van der Waals surface area contributed by atoms with Gasteiger partial charge in [0, 0.05) is 31.0 Å². The summed E-state index contributed by atoms with van der Waals surface area (Å²) >= 11 is 0. The normalized spacial score (nSPS) is 10.8. The van der Waals surface area contributed by atoms with E-state index in [1.807, 2.05) is 25.4 Å². The molecule has 0 saturated carbocycles. The minimum atomic E-state index is -1.03. The average Bonchev–Trinajstić information content (AvgIpc) is 2.86. The van der Waals surface area contributed by atoms with Gasteiger partial charge in [0.2, 0.25) is 5.76 Å². The second-order valence-electron chi connectivity index (χ2n) is 4.43. The van der Waals surface area contributed by atoms with Gasteiger partial charge in [0.25, 0.3) is 0 Å². The van der Waals surface area contributed by atoms with Gasteiger partial charge in [-0.15, -0.1) is 0 Å². The molecule has 0 saturated heterocycles. The van der Waals surface area contributed by atoms with Gasteiger partial charge in [-0.3, -0.25) is 4.98 Å². The highest BCUT2D eigenvalue weighted by Crippen LogP contribution is 2.13. The SMILES string of the molecule is CN(CCc1cccnc1)Cc1ccoc1C(=O)O. The zero-order chi connectivity index (χ0) is 13.7. The molecule has 0 aliphatic heterocycles. The number of furan rings is 1. The van der Waals surface area contributed by atoms with Crippen LogP contribution in [0.3, 0.4) is 0 Å². The number of aromatic carboxylic acids is 1. The van der Waals surface area contributed by atoms with Crippen molar-refractivity contribution in [2.75, 3.05) is 13.6 Å². The van der Waals surface area contributed by atoms with Crippen molar-refractivity contribution >= 4 is 5.97 Å². The molecule has 0 aliphatic carbocycles. The number of likely N-dealkylation sites (N-methyl/N-ethyl adjacent to an activating group) is 1. The highest BCUT2D eigenvalue weighted by atomic mass is 16.4. The fraction of sp³-hybridized carbons (Fsp3) is 0.286. The molecule has 2 aromatic heterocycles. The lowest BCUT2D eigenvalue weighted by molar-refractivity contribution is 0.0659. The highest BCUT2D eigenvalue weighted by Gasteiger charge is 2.15.